The fourth-order valence-corrected chi connectivity index (χ4v) is 5.54. The van der Waals surface area contributed by atoms with Gasteiger partial charge in [-0.15, -0.1) is 12.6 Å². The maximum absolute atomic E-state index is 10.7. The standard InChI is InChI=1S/C12H8N2O4.C12H10S.C7H6N2O7S.C6H5NO2S/c15-13(16)11-5-1-3-9(7-11)10-4-2-6-12(8-10)14(17)18;1-3-7-11(8-4-1)13-12-9-5-2-6-10-12;10-8(11)5-1-2-7(16-4-17(14)15)6(3-5)9(12)13;8-7(9)5-1-3-6(10)4-2-5/h1-8H;1-10H;1-3,17H,4H2;1-4,10H. The van der Waals surface area contributed by atoms with E-state index in [1.807, 2.05) is 12.1 Å². The van der Waals surface area contributed by atoms with Gasteiger partial charge in [-0.25, -0.2) is 8.42 Å². The molecule has 18 nitrogen and oxygen atoms in total. The summed E-state index contributed by atoms with van der Waals surface area (Å²) in [7, 11) is -2.85. The minimum atomic E-state index is -2.85. The van der Waals surface area contributed by atoms with Crippen molar-refractivity contribution in [2.75, 3.05) is 5.94 Å². The smallest absolute Gasteiger partial charge is 0.317 e. The summed E-state index contributed by atoms with van der Waals surface area (Å²) in [5, 5.41) is 52.4. The van der Waals surface area contributed by atoms with Crippen LogP contribution in [0, 0.1) is 50.6 Å². The molecule has 0 bridgehead atoms. The molecular weight excluding hydrogens is 819 g/mol. The predicted molar refractivity (Wildman–Crippen MR) is 218 cm³/mol. The zero-order valence-corrected chi connectivity index (χ0v) is 32.1. The Balaban J connectivity index is 0.000000211. The first-order valence-corrected chi connectivity index (χ1v) is 18.6. The van der Waals surface area contributed by atoms with Crippen LogP contribution in [0.3, 0.4) is 0 Å². The lowest BCUT2D eigenvalue weighted by Gasteiger charge is -2.02. The van der Waals surface area contributed by atoms with Gasteiger partial charge in [-0.3, -0.25) is 50.6 Å². The molecule has 0 heterocycles. The molecule has 0 saturated heterocycles. The number of benzene rings is 6. The van der Waals surface area contributed by atoms with E-state index in [0.29, 0.717) is 17.2 Å². The van der Waals surface area contributed by atoms with E-state index in [2.05, 4.69) is 65.9 Å². The van der Waals surface area contributed by atoms with Crippen molar-refractivity contribution in [2.45, 2.75) is 14.7 Å². The van der Waals surface area contributed by atoms with Crippen LogP contribution < -0.4 is 4.74 Å². The summed E-state index contributed by atoms with van der Waals surface area (Å²) < 4.78 is 25.2. The van der Waals surface area contributed by atoms with E-state index in [-0.39, 0.29) is 22.8 Å². The zero-order chi connectivity index (χ0) is 42.6. The SMILES string of the molecule is O=[N+]([O-])c1ccc(OC[SH](=O)=O)c([N+](=O)[O-])c1.O=[N+]([O-])c1ccc(S)cc1.O=[N+]([O-])c1cccc(-c2cccc([N+](=O)[O-])c2)c1.c1ccc(Sc2ccccc2)cc1. The van der Waals surface area contributed by atoms with Gasteiger partial charge in [0.05, 0.1) is 30.7 Å². The molecule has 0 radical (unpaired) electrons. The zero-order valence-electron chi connectivity index (χ0n) is 29.5. The second-order valence-electron chi connectivity index (χ2n) is 10.9. The van der Waals surface area contributed by atoms with E-state index in [4.69, 9.17) is 0 Å². The van der Waals surface area contributed by atoms with Crippen molar-refractivity contribution >= 4 is 63.5 Å². The molecule has 0 amide bonds. The lowest BCUT2D eigenvalue weighted by Crippen LogP contribution is -2.02. The van der Waals surface area contributed by atoms with Crippen molar-refractivity contribution < 1.29 is 37.8 Å². The molecule has 0 aliphatic carbocycles. The third kappa shape index (κ3) is 15.5. The molecule has 0 aromatic heterocycles. The van der Waals surface area contributed by atoms with Crippen LogP contribution >= 0.6 is 24.4 Å². The molecule has 0 fully saturated rings. The highest BCUT2D eigenvalue weighted by atomic mass is 32.2. The largest absolute Gasteiger partial charge is 0.471 e. The molecular formula is C37H29N5O13S3. The van der Waals surface area contributed by atoms with Crippen molar-refractivity contribution in [3.8, 4) is 16.9 Å². The Morgan fingerprint density at radius 3 is 1.29 bits per heavy atom. The fraction of sp³-hybridized carbons (Fsp3) is 0.0270. The molecule has 6 aromatic carbocycles. The molecule has 0 aliphatic heterocycles. The van der Waals surface area contributed by atoms with Crippen LogP contribution in [-0.2, 0) is 10.7 Å². The van der Waals surface area contributed by atoms with Gasteiger partial charge < -0.3 is 4.74 Å². The second kappa shape index (κ2) is 23.0. The van der Waals surface area contributed by atoms with E-state index in [9.17, 15) is 59.0 Å². The Labute approximate surface area is 339 Å². The van der Waals surface area contributed by atoms with Crippen molar-refractivity contribution in [1.29, 1.82) is 0 Å². The van der Waals surface area contributed by atoms with Crippen molar-refractivity contribution in [2.24, 2.45) is 0 Å². The Hall–Kier alpha value is -7.23. The minimum Gasteiger partial charge on any atom is -0.471 e. The summed E-state index contributed by atoms with van der Waals surface area (Å²) in [5.74, 6) is -1.06. The van der Waals surface area contributed by atoms with Crippen LogP contribution in [0.2, 0.25) is 0 Å². The molecule has 0 aliphatic rings. The molecule has 0 saturated carbocycles. The van der Waals surface area contributed by atoms with Gasteiger partial charge in [0.2, 0.25) is 0 Å². The van der Waals surface area contributed by atoms with E-state index in [0.717, 1.165) is 17.0 Å². The summed E-state index contributed by atoms with van der Waals surface area (Å²) in [4.78, 5) is 52.6. The molecule has 58 heavy (non-hydrogen) atoms. The maximum atomic E-state index is 10.7. The maximum Gasteiger partial charge on any atom is 0.317 e. The van der Waals surface area contributed by atoms with Gasteiger partial charge in [0, 0.05) is 57.2 Å². The van der Waals surface area contributed by atoms with E-state index in [1.165, 1.54) is 46.2 Å². The van der Waals surface area contributed by atoms with Gasteiger partial charge in [0.1, 0.15) is 0 Å². The average molecular weight is 848 g/mol. The molecule has 0 N–H and O–H groups in total. The molecule has 0 spiro atoms. The number of ether oxygens (including phenoxy) is 1. The van der Waals surface area contributed by atoms with Gasteiger partial charge in [0.25, 0.3) is 22.7 Å². The van der Waals surface area contributed by atoms with Crippen LogP contribution in [0.25, 0.3) is 11.1 Å². The highest BCUT2D eigenvalue weighted by molar-refractivity contribution is 7.99. The molecule has 21 heteroatoms. The summed E-state index contributed by atoms with van der Waals surface area (Å²) >= 11 is 5.77. The first kappa shape index (κ1) is 45.2. The molecule has 6 rings (SSSR count). The average Bonchev–Trinajstić information content (AvgIpc) is 3.21. The van der Waals surface area contributed by atoms with E-state index >= 15 is 0 Å². The van der Waals surface area contributed by atoms with E-state index < -0.39 is 52.6 Å². The summed E-state index contributed by atoms with van der Waals surface area (Å²) in [5.41, 5.74) is 0.0308. The third-order valence-corrected chi connectivity index (χ3v) is 8.56. The predicted octanol–water partition coefficient (Wildman–Crippen LogP) is 9.34. The number of nitro benzene ring substituents is 5. The number of hydrogen-bond acceptors (Lipinski definition) is 15. The number of non-ortho nitro benzene ring substituents is 4. The Kier molecular flexibility index (Phi) is 17.9. The second-order valence-corrected chi connectivity index (χ2v) is 13.5. The van der Waals surface area contributed by atoms with Gasteiger partial charge >= 0.3 is 5.69 Å². The lowest BCUT2D eigenvalue weighted by molar-refractivity contribution is -0.394. The number of hydrogen-bond donors (Lipinski definition) is 2. The summed E-state index contributed by atoms with van der Waals surface area (Å²) in [6.07, 6.45) is 0. The summed E-state index contributed by atoms with van der Waals surface area (Å²) in [6.45, 7) is 0. The normalized spacial score (nSPS) is 9.90. The first-order chi connectivity index (χ1) is 27.6. The van der Waals surface area contributed by atoms with Crippen LogP contribution in [0.1, 0.15) is 0 Å². The van der Waals surface area contributed by atoms with Crippen molar-refractivity contribution in [3.05, 3.63) is 202 Å². The van der Waals surface area contributed by atoms with Gasteiger partial charge in [-0.1, -0.05) is 72.4 Å². The fourth-order valence-electron chi connectivity index (χ4n) is 4.29. The van der Waals surface area contributed by atoms with Gasteiger partial charge in [0.15, 0.2) is 22.4 Å². The topological polar surface area (TPSA) is 259 Å². The molecule has 298 valence electrons. The van der Waals surface area contributed by atoms with Gasteiger partial charge in [-0.05, 0) is 53.6 Å². The highest BCUT2D eigenvalue weighted by Gasteiger charge is 2.20. The van der Waals surface area contributed by atoms with E-state index in [1.54, 1.807) is 48.2 Å². The first-order valence-electron chi connectivity index (χ1n) is 16.0. The monoisotopic (exact) mass is 847 g/mol. The minimum absolute atomic E-state index is 0.0426. The Morgan fingerprint density at radius 1 is 0.483 bits per heavy atom. The lowest BCUT2D eigenvalue weighted by atomic mass is 10.0. The van der Waals surface area contributed by atoms with Crippen molar-refractivity contribution in [3.63, 3.8) is 0 Å². The number of nitro groups is 5. The Morgan fingerprint density at radius 2 is 0.897 bits per heavy atom. The van der Waals surface area contributed by atoms with Crippen molar-refractivity contribution in [1.82, 2.24) is 0 Å². The quantitative estimate of drug-likeness (QED) is 0.0699. The number of nitrogens with zero attached hydrogens (tertiary/aromatic N) is 5. The number of thiol groups is 2. The van der Waals surface area contributed by atoms with Crippen LogP contribution in [-0.4, -0.2) is 39.0 Å². The van der Waals surface area contributed by atoms with Crippen LogP contribution in [0.5, 0.6) is 5.75 Å². The molecule has 6 aromatic rings. The Bertz CT molecular complexity index is 2340. The highest BCUT2D eigenvalue weighted by Crippen LogP contribution is 2.31. The van der Waals surface area contributed by atoms with Crippen LogP contribution in [0.15, 0.2) is 166 Å². The molecule has 0 unspecified atom stereocenters. The molecule has 0 atom stereocenters. The van der Waals surface area contributed by atoms with Gasteiger partial charge in [-0.2, -0.15) is 0 Å². The number of rotatable bonds is 11. The summed E-state index contributed by atoms with van der Waals surface area (Å²) in [6, 6.07) is 41.5. The third-order valence-electron chi connectivity index (χ3n) is 6.91. The van der Waals surface area contributed by atoms with Crippen LogP contribution in [0.4, 0.5) is 28.4 Å².